The van der Waals surface area contributed by atoms with Crippen molar-refractivity contribution in [3.05, 3.63) is 42.0 Å². The van der Waals surface area contributed by atoms with Crippen molar-refractivity contribution in [2.24, 2.45) is 0 Å². The highest BCUT2D eigenvalue weighted by molar-refractivity contribution is 5.91. The van der Waals surface area contributed by atoms with Gasteiger partial charge in [-0.15, -0.1) is 0 Å². The van der Waals surface area contributed by atoms with Crippen LogP contribution in [0.2, 0.25) is 0 Å². The number of aryl methyl sites for hydroxylation is 1. The van der Waals surface area contributed by atoms with E-state index in [1.165, 1.54) is 6.33 Å². The lowest BCUT2D eigenvalue weighted by atomic mass is 9.99. The number of hydrogen-bond acceptors (Lipinski definition) is 4. The highest BCUT2D eigenvalue weighted by Gasteiger charge is 2.11. The number of phenolic OH excluding ortho intramolecular Hbond substituents is 1. The van der Waals surface area contributed by atoms with E-state index in [9.17, 15) is 9.90 Å². The third kappa shape index (κ3) is 1.65. The van der Waals surface area contributed by atoms with E-state index in [1.54, 1.807) is 31.5 Å². The van der Waals surface area contributed by atoms with E-state index in [2.05, 4.69) is 9.97 Å². The maximum atomic E-state index is 11.0. The Hall–Kier alpha value is -2.23. The van der Waals surface area contributed by atoms with Crippen molar-refractivity contribution in [3.8, 4) is 16.9 Å². The summed E-state index contributed by atoms with van der Waals surface area (Å²) in [5, 5.41) is 9.77. The second-order valence-corrected chi connectivity index (χ2v) is 3.44. The van der Waals surface area contributed by atoms with E-state index >= 15 is 0 Å². The summed E-state index contributed by atoms with van der Waals surface area (Å²) in [6.07, 6.45) is 5.26. The van der Waals surface area contributed by atoms with Gasteiger partial charge < -0.3 is 5.11 Å². The van der Waals surface area contributed by atoms with Crippen LogP contribution in [-0.2, 0) is 0 Å². The second kappa shape index (κ2) is 4.10. The van der Waals surface area contributed by atoms with Gasteiger partial charge in [0.1, 0.15) is 12.1 Å². The van der Waals surface area contributed by atoms with Crippen LogP contribution >= 0.6 is 0 Å². The molecule has 0 saturated carbocycles. The third-order valence-electron chi connectivity index (χ3n) is 2.41. The molecular weight excluding hydrogens is 204 g/mol. The van der Waals surface area contributed by atoms with Crippen molar-refractivity contribution < 1.29 is 9.90 Å². The number of nitrogens with zero attached hydrogens (tertiary/aromatic N) is 2. The summed E-state index contributed by atoms with van der Waals surface area (Å²) in [5.74, 6) is 0.0105. The molecule has 16 heavy (non-hydrogen) atoms. The van der Waals surface area contributed by atoms with E-state index in [0.29, 0.717) is 23.0 Å². The first-order valence-electron chi connectivity index (χ1n) is 4.77. The van der Waals surface area contributed by atoms with Gasteiger partial charge in [0, 0.05) is 18.0 Å². The Bertz CT molecular complexity index is 524. The molecule has 0 aliphatic heterocycles. The Balaban J connectivity index is 2.67. The van der Waals surface area contributed by atoms with Gasteiger partial charge in [-0.25, -0.2) is 9.97 Å². The fourth-order valence-corrected chi connectivity index (χ4v) is 1.53. The largest absolute Gasteiger partial charge is 0.507 e. The SMILES string of the molecule is Cc1ccc(-c2cncnc2)c(C=O)c1O. The summed E-state index contributed by atoms with van der Waals surface area (Å²) >= 11 is 0. The number of benzene rings is 1. The molecule has 2 rings (SSSR count). The molecule has 4 heteroatoms. The summed E-state index contributed by atoms with van der Waals surface area (Å²) in [5.41, 5.74) is 2.29. The number of phenols is 1. The molecule has 4 nitrogen and oxygen atoms in total. The van der Waals surface area contributed by atoms with Gasteiger partial charge in [-0.05, 0) is 18.1 Å². The molecule has 1 aromatic carbocycles. The number of carbonyl (C=O) groups excluding carboxylic acids is 1. The molecule has 1 aromatic heterocycles. The number of aromatic nitrogens is 2. The minimum Gasteiger partial charge on any atom is -0.507 e. The van der Waals surface area contributed by atoms with Crippen LogP contribution in [0.3, 0.4) is 0 Å². The monoisotopic (exact) mass is 214 g/mol. The van der Waals surface area contributed by atoms with Gasteiger partial charge >= 0.3 is 0 Å². The first-order chi connectivity index (χ1) is 7.74. The molecule has 0 amide bonds. The topological polar surface area (TPSA) is 63.1 Å². The summed E-state index contributed by atoms with van der Waals surface area (Å²) in [6.45, 7) is 1.74. The zero-order valence-corrected chi connectivity index (χ0v) is 8.71. The van der Waals surface area contributed by atoms with Crippen molar-refractivity contribution in [2.45, 2.75) is 6.92 Å². The Morgan fingerprint density at radius 3 is 2.56 bits per heavy atom. The zero-order chi connectivity index (χ0) is 11.5. The minimum atomic E-state index is 0.0105. The highest BCUT2D eigenvalue weighted by Crippen LogP contribution is 2.30. The number of aromatic hydroxyl groups is 1. The number of aldehydes is 1. The third-order valence-corrected chi connectivity index (χ3v) is 2.41. The predicted molar refractivity (Wildman–Crippen MR) is 59.3 cm³/mol. The van der Waals surface area contributed by atoms with Crippen molar-refractivity contribution in [1.29, 1.82) is 0 Å². The van der Waals surface area contributed by atoms with Crippen LogP contribution in [-0.4, -0.2) is 21.4 Å². The number of rotatable bonds is 2. The van der Waals surface area contributed by atoms with E-state index < -0.39 is 0 Å². The predicted octanol–water partition coefficient (Wildman–Crippen LogP) is 1.97. The van der Waals surface area contributed by atoms with Crippen molar-refractivity contribution in [1.82, 2.24) is 9.97 Å². The van der Waals surface area contributed by atoms with Gasteiger partial charge in [0.2, 0.25) is 0 Å². The van der Waals surface area contributed by atoms with Gasteiger partial charge in [0.05, 0.1) is 5.56 Å². The van der Waals surface area contributed by atoms with Gasteiger partial charge in [0.25, 0.3) is 0 Å². The maximum Gasteiger partial charge on any atom is 0.154 e. The van der Waals surface area contributed by atoms with E-state index in [1.807, 2.05) is 0 Å². The first kappa shape index (κ1) is 10.3. The van der Waals surface area contributed by atoms with E-state index in [-0.39, 0.29) is 11.3 Å². The fraction of sp³-hybridized carbons (Fsp3) is 0.0833. The van der Waals surface area contributed by atoms with Gasteiger partial charge in [-0.1, -0.05) is 12.1 Å². The average Bonchev–Trinajstić information content (AvgIpc) is 2.33. The molecule has 0 aliphatic carbocycles. The molecule has 2 aromatic rings. The van der Waals surface area contributed by atoms with Crippen LogP contribution in [0.4, 0.5) is 0 Å². The molecule has 0 fully saturated rings. The van der Waals surface area contributed by atoms with Crippen LogP contribution in [0.1, 0.15) is 15.9 Å². The zero-order valence-electron chi connectivity index (χ0n) is 8.71. The van der Waals surface area contributed by atoms with Crippen LogP contribution in [0, 0.1) is 6.92 Å². The lowest BCUT2D eigenvalue weighted by molar-refractivity contribution is 0.112. The molecule has 0 atom stereocenters. The molecule has 0 aliphatic rings. The molecule has 0 unspecified atom stereocenters. The summed E-state index contributed by atoms with van der Waals surface area (Å²) in [7, 11) is 0. The summed E-state index contributed by atoms with van der Waals surface area (Å²) in [6, 6.07) is 3.53. The Labute approximate surface area is 92.6 Å². The molecule has 1 N–H and O–H groups in total. The lowest BCUT2D eigenvalue weighted by Crippen LogP contribution is -1.92. The molecule has 1 heterocycles. The molecule has 0 radical (unpaired) electrons. The normalized spacial score (nSPS) is 10.1. The quantitative estimate of drug-likeness (QED) is 0.776. The van der Waals surface area contributed by atoms with Crippen LogP contribution in [0.5, 0.6) is 5.75 Å². The Morgan fingerprint density at radius 1 is 1.25 bits per heavy atom. The minimum absolute atomic E-state index is 0.0105. The molecular formula is C12H10N2O2. The Kier molecular flexibility index (Phi) is 2.64. The number of carbonyl (C=O) groups is 1. The smallest absolute Gasteiger partial charge is 0.154 e. The van der Waals surface area contributed by atoms with E-state index in [0.717, 1.165) is 0 Å². The van der Waals surface area contributed by atoms with Crippen LogP contribution < -0.4 is 0 Å². The molecule has 0 spiro atoms. The van der Waals surface area contributed by atoms with Gasteiger partial charge in [-0.2, -0.15) is 0 Å². The van der Waals surface area contributed by atoms with Crippen LogP contribution in [0.25, 0.3) is 11.1 Å². The molecule has 0 bridgehead atoms. The maximum absolute atomic E-state index is 11.0. The highest BCUT2D eigenvalue weighted by atomic mass is 16.3. The summed E-state index contributed by atoms with van der Waals surface area (Å²) < 4.78 is 0. The second-order valence-electron chi connectivity index (χ2n) is 3.44. The van der Waals surface area contributed by atoms with Crippen molar-refractivity contribution in [2.75, 3.05) is 0 Å². The lowest BCUT2D eigenvalue weighted by Gasteiger charge is -2.08. The summed E-state index contributed by atoms with van der Waals surface area (Å²) in [4.78, 5) is 18.7. The number of hydrogen-bond donors (Lipinski definition) is 1. The van der Waals surface area contributed by atoms with Gasteiger partial charge in [0.15, 0.2) is 6.29 Å². The van der Waals surface area contributed by atoms with Crippen molar-refractivity contribution >= 4 is 6.29 Å². The standard InChI is InChI=1S/C12H10N2O2/c1-8-2-3-10(11(6-15)12(8)16)9-4-13-7-14-5-9/h2-7,16H,1H3. The van der Waals surface area contributed by atoms with Crippen LogP contribution in [0.15, 0.2) is 30.9 Å². The van der Waals surface area contributed by atoms with Gasteiger partial charge in [-0.3, -0.25) is 4.79 Å². The van der Waals surface area contributed by atoms with E-state index in [4.69, 9.17) is 0 Å². The van der Waals surface area contributed by atoms with Crippen molar-refractivity contribution in [3.63, 3.8) is 0 Å². The molecule has 80 valence electrons. The Morgan fingerprint density at radius 2 is 1.94 bits per heavy atom. The molecule has 0 saturated heterocycles. The first-order valence-corrected chi connectivity index (χ1v) is 4.77. The average molecular weight is 214 g/mol. The fourth-order valence-electron chi connectivity index (χ4n) is 1.53.